The Morgan fingerprint density at radius 3 is 2.41 bits per heavy atom. The van der Waals surface area contributed by atoms with Crippen molar-refractivity contribution in [3.63, 3.8) is 0 Å². The topological polar surface area (TPSA) is 85.5 Å². The molecule has 2 heterocycles. The number of H-pyrrole nitrogens is 1. The Morgan fingerprint density at radius 2 is 1.72 bits per heavy atom. The molecule has 0 amide bonds. The molecule has 10 heteroatoms. The first kappa shape index (κ1) is 20.7. The van der Waals surface area contributed by atoms with E-state index in [1.54, 1.807) is 24.3 Å². The minimum Gasteiger partial charge on any atom is -0.493 e. The summed E-state index contributed by atoms with van der Waals surface area (Å²) in [6.45, 7) is -3.04. The van der Waals surface area contributed by atoms with Crippen molar-refractivity contribution >= 4 is 34.7 Å². The molecule has 2 aromatic carbocycles. The van der Waals surface area contributed by atoms with Gasteiger partial charge in [-0.15, -0.1) is 0 Å². The lowest BCUT2D eigenvalue weighted by Crippen LogP contribution is -2.27. The number of ketones is 2. The van der Waals surface area contributed by atoms with Gasteiger partial charge in [0.05, 0.1) is 27.8 Å². The summed E-state index contributed by atoms with van der Waals surface area (Å²) in [5.74, 6) is -1.48. The van der Waals surface area contributed by atoms with E-state index in [9.17, 15) is 23.2 Å². The summed E-state index contributed by atoms with van der Waals surface area (Å²) in [6, 6.07) is 10.9. The Labute approximate surface area is 187 Å². The third-order valence-electron chi connectivity index (χ3n) is 5.25. The van der Waals surface area contributed by atoms with Crippen molar-refractivity contribution in [2.75, 3.05) is 7.11 Å². The second-order valence-electron chi connectivity index (χ2n) is 6.98. The van der Waals surface area contributed by atoms with Crippen LogP contribution in [-0.2, 0) is 0 Å². The number of allylic oxidation sites excluding steroid dienone is 2. The standard InChI is InChI=1S/C22H13F2NO5S2/c1-29-13-8-9(6-7-12(13)30-21(23)24)14-15-16(26)10-4-2-3-5-11(10)17(27)18(15)31-20-19(14)32-22(28)25-20/h2-8,14,21H,1H3,(H,25,28)/t14-/m1/s1. The average Bonchev–Trinajstić information content (AvgIpc) is 3.16. The van der Waals surface area contributed by atoms with Gasteiger partial charge in [-0.3, -0.25) is 14.4 Å². The molecule has 1 N–H and O–H groups in total. The summed E-state index contributed by atoms with van der Waals surface area (Å²) in [5, 5.41) is 0.483. The number of aromatic amines is 1. The fourth-order valence-corrected chi connectivity index (χ4v) is 6.21. The molecule has 1 atom stereocenters. The van der Waals surface area contributed by atoms with Gasteiger partial charge in [-0.25, -0.2) is 0 Å². The van der Waals surface area contributed by atoms with Crippen LogP contribution in [0.4, 0.5) is 8.78 Å². The van der Waals surface area contributed by atoms with Crippen LogP contribution in [0.3, 0.4) is 0 Å². The Morgan fingerprint density at radius 1 is 1.00 bits per heavy atom. The highest BCUT2D eigenvalue weighted by Gasteiger charge is 2.43. The molecule has 32 heavy (non-hydrogen) atoms. The van der Waals surface area contributed by atoms with Gasteiger partial charge < -0.3 is 14.5 Å². The Hall–Kier alpha value is -3.24. The van der Waals surface area contributed by atoms with Crippen LogP contribution in [0.1, 0.15) is 37.1 Å². The van der Waals surface area contributed by atoms with Gasteiger partial charge in [-0.05, 0) is 17.7 Å². The summed E-state index contributed by atoms with van der Waals surface area (Å²) in [5.41, 5.74) is 1.36. The number of ether oxygens (including phenoxy) is 2. The molecule has 1 aliphatic carbocycles. The minimum absolute atomic E-state index is 0.0441. The minimum atomic E-state index is -3.04. The van der Waals surface area contributed by atoms with E-state index in [-0.39, 0.29) is 44.0 Å². The van der Waals surface area contributed by atoms with Crippen LogP contribution in [0.2, 0.25) is 0 Å². The van der Waals surface area contributed by atoms with Crippen LogP contribution in [0, 0.1) is 0 Å². The van der Waals surface area contributed by atoms with E-state index >= 15 is 0 Å². The number of benzene rings is 2. The average molecular weight is 473 g/mol. The fraction of sp³-hybridized carbons (Fsp3) is 0.136. The number of aromatic nitrogens is 1. The quantitative estimate of drug-likeness (QED) is 0.595. The second kappa shape index (κ2) is 7.72. The Bertz CT molecular complexity index is 1370. The van der Waals surface area contributed by atoms with Gasteiger partial charge in [-0.2, -0.15) is 8.78 Å². The van der Waals surface area contributed by atoms with E-state index in [1.165, 1.54) is 25.3 Å². The maximum atomic E-state index is 13.5. The van der Waals surface area contributed by atoms with Crippen LogP contribution in [-0.4, -0.2) is 30.3 Å². The molecule has 1 aliphatic heterocycles. The van der Waals surface area contributed by atoms with Gasteiger partial charge in [0.2, 0.25) is 5.78 Å². The third kappa shape index (κ3) is 3.18. The maximum Gasteiger partial charge on any atom is 0.387 e. The summed E-state index contributed by atoms with van der Waals surface area (Å²) in [4.78, 5) is 42.1. The first-order valence-corrected chi connectivity index (χ1v) is 11.0. The molecule has 2 aliphatic rings. The van der Waals surface area contributed by atoms with E-state index in [2.05, 4.69) is 9.72 Å². The summed E-state index contributed by atoms with van der Waals surface area (Å²) in [7, 11) is 1.31. The molecule has 0 saturated carbocycles. The van der Waals surface area contributed by atoms with Crippen LogP contribution in [0.15, 0.2) is 62.8 Å². The van der Waals surface area contributed by atoms with Crippen LogP contribution < -0.4 is 14.3 Å². The number of carbonyl (C=O) groups is 2. The van der Waals surface area contributed by atoms with E-state index in [4.69, 9.17) is 4.74 Å². The predicted molar refractivity (Wildman–Crippen MR) is 114 cm³/mol. The Kier molecular flexibility index (Phi) is 4.98. The highest BCUT2D eigenvalue weighted by atomic mass is 32.2. The van der Waals surface area contributed by atoms with Crippen molar-refractivity contribution in [1.29, 1.82) is 0 Å². The van der Waals surface area contributed by atoms with Crippen molar-refractivity contribution in [2.45, 2.75) is 17.6 Å². The van der Waals surface area contributed by atoms with Crippen molar-refractivity contribution < 1.29 is 27.8 Å². The summed E-state index contributed by atoms with van der Waals surface area (Å²) < 4.78 is 35.2. The van der Waals surface area contributed by atoms with Crippen LogP contribution in [0.25, 0.3) is 0 Å². The van der Waals surface area contributed by atoms with E-state index in [0.29, 0.717) is 21.0 Å². The first-order chi connectivity index (χ1) is 15.4. The molecule has 3 aromatic rings. The SMILES string of the molecule is COc1cc([C@@H]2C3=C(Sc4[nH]c(=O)sc42)C(=O)c2ccccc2C3=O)ccc1OC(F)F. The number of carbonyl (C=O) groups excluding carboxylic acids is 2. The van der Waals surface area contributed by atoms with E-state index in [0.717, 1.165) is 23.1 Å². The highest BCUT2D eigenvalue weighted by Crippen LogP contribution is 2.52. The number of hydrogen-bond donors (Lipinski definition) is 1. The molecule has 0 spiro atoms. The Balaban J connectivity index is 1.72. The largest absolute Gasteiger partial charge is 0.493 e. The number of thiazole rings is 1. The number of Topliss-reactive ketones (excluding diaryl/α,β-unsaturated/α-hetero) is 2. The lowest BCUT2D eigenvalue weighted by molar-refractivity contribution is -0.0512. The normalized spacial score (nSPS) is 17.2. The molecule has 0 unspecified atom stereocenters. The van der Waals surface area contributed by atoms with Gasteiger partial charge >= 0.3 is 11.5 Å². The molecular formula is C22H13F2NO5S2. The number of fused-ring (bicyclic) bond motifs is 2. The number of halogens is 2. The van der Waals surface area contributed by atoms with Gasteiger partial charge in [0.15, 0.2) is 17.3 Å². The van der Waals surface area contributed by atoms with E-state index in [1.807, 2.05) is 0 Å². The van der Waals surface area contributed by atoms with Crippen LogP contribution in [0.5, 0.6) is 11.5 Å². The van der Waals surface area contributed by atoms with Gasteiger partial charge in [-0.1, -0.05) is 53.4 Å². The van der Waals surface area contributed by atoms with Gasteiger partial charge in [0, 0.05) is 16.7 Å². The molecule has 0 fully saturated rings. The zero-order chi connectivity index (χ0) is 22.6. The van der Waals surface area contributed by atoms with Crippen LogP contribution >= 0.6 is 23.1 Å². The molecule has 0 radical (unpaired) electrons. The second-order valence-corrected chi connectivity index (χ2v) is 9.01. The van der Waals surface area contributed by atoms with Crippen molar-refractivity contribution in [3.05, 3.63) is 84.2 Å². The number of methoxy groups -OCH3 is 1. The van der Waals surface area contributed by atoms with Crippen molar-refractivity contribution in [3.8, 4) is 11.5 Å². The van der Waals surface area contributed by atoms with E-state index < -0.39 is 12.5 Å². The zero-order valence-corrected chi connectivity index (χ0v) is 17.9. The summed E-state index contributed by atoms with van der Waals surface area (Å²) in [6.07, 6.45) is 0. The fourth-order valence-electron chi connectivity index (χ4n) is 3.94. The van der Waals surface area contributed by atoms with Gasteiger partial charge in [0.25, 0.3) is 0 Å². The lowest BCUT2D eigenvalue weighted by atomic mass is 9.79. The molecule has 1 aromatic heterocycles. The number of alkyl halides is 2. The molecule has 5 rings (SSSR count). The molecule has 6 nitrogen and oxygen atoms in total. The maximum absolute atomic E-state index is 13.5. The van der Waals surface area contributed by atoms with Crippen molar-refractivity contribution in [2.24, 2.45) is 0 Å². The number of hydrogen-bond acceptors (Lipinski definition) is 7. The summed E-state index contributed by atoms with van der Waals surface area (Å²) >= 11 is 2.01. The highest BCUT2D eigenvalue weighted by molar-refractivity contribution is 8.04. The number of nitrogens with one attached hydrogen (secondary N) is 1. The molecule has 0 saturated heterocycles. The first-order valence-electron chi connectivity index (χ1n) is 9.35. The lowest BCUT2D eigenvalue weighted by Gasteiger charge is -2.30. The number of rotatable bonds is 4. The molecule has 162 valence electrons. The molecule has 0 bridgehead atoms. The van der Waals surface area contributed by atoms with Crippen molar-refractivity contribution in [1.82, 2.24) is 4.98 Å². The third-order valence-corrected chi connectivity index (χ3v) is 7.46. The zero-order valence-electron chi connectivity index (χ0n) is 16.3. The monoisotopic (exact) mass is 473 g/mol. The van der Waals surface area contributed by atoms with Gasteiger partial charge in [0.1, 0.15) is 0 Å². The smallest absolute Gasteiger partial charge is 0.387 e. The predicted octanol–water partition coefficient (Wildman–Crippen LogP) is 4.62. The number of thioether (sulfide) groups is 1. The molecular weight excluding hydrogens is 460 g/mol.